The lowest BCUT2D eigenvalue weighted by Gasteiger charge is -2.41. The molecule has 1 rings (SSSR count). The summed E-state index contributed by atoms with van der Waals surface area (Å²) in [6, 6.07) is -1.13. The van der Waals surface area contributed by atoms with Gasteiger partial charge in [0.15, 0.2) is 6.29 Å². The highest BCUT2D eigenvalue weighted by Crippen LogP contribution is 2.26. The van der Waals surface area contributed by atoms with Crippen LogP contribution in [0.2, 0.25) is 0 Å². The normalized spacial score (nSPS) is 23.4. The maximum atomic E-state index is 13.0. The first-order valence-electron chi connectivity index (χ1n) is 18.8. The molecule has 1 heterocycles. The van der Waals surface area contributed by atoms with Crippen LogP contribution in [0.5, 0.6) is 0 Å². The van der Waals surface area contributed by atoms with Crippen molar-refractivity contribution in [3.63, 3.8) is 0 Å². The Balaban J connectivity index is 2.73. The number of aliphatic hydroxyl groups excluding tert-OH is 5. The topological polar surface area (TPSA) is 212 Å². The van der Waals surface area contributed by atoms with Crippen LogP contribution >= 0.6 is 0 Å². The first kappa shape index (κ1) is 46.6. The summed E-state index contributed by atoms with van der Waals surface area (Å²) in [5.74, 6) is -0.717. The minimum absolute atomic E-state index is 0.239. The van der Waals surface area contributed by atoms with E-state index < -0.39 is 78.5 Å². The maximum Gasteiger partial charge on any atom is 0.397 e. The van der Waals surface area contributed by atoms with Crippen molar-refractivity contribution >= 4 is 16.3 Å². The fourth-order valence-corrected chi connectivity index (χ4v) is 6.28. The van der Waals surface area contributed by atoms with Crippen LogP contribution in [0, 0.1) is 0 Å². The van der Waals surface area contributed by atoms with Gasteiger partial charge in [0.05, 0.1) is 25.4 Å². The number of allylic oxidation sites excluding steroid dienone is 3. The Morgan fingerprint density at radius 3 is 1.92 bits per heavy atom. The molecule has 294 valence electrons. The number of nitrogens with one attached hydrogen (secondary N) is 1. The van der Waals surface area contributed by atoms with Gasteiger partial charge in [0, 0.05) is 0 Å². The largest absolute Gasteiger partial charge is 0.397 e. The molecule has 50 heavy (non-hydrogen) atoms. The second-order valence-electron chi connectivity index (χ2n) is 13.3. The third-order valence-electron chi connectivity index (χ3n) is 8.84. The number of hydrogen-bond donors (Lipinski definition) is 7. The highest BCUT2D eigenvalue weighted by molar-refractivity contribution is 7.80. The number of unbranched alkanes of at least 4 members (excludes halogenated alkanes) is 15. The van der Waals surface area contributed by atoms with Crippen LogP contribution in [0.4, 0.5) is 0 Å². The van der Waals surface area contributed by atoms with Crippen molar-refractivity contribution < 1.29 is 57.0 Å². The predicted molar refractivity (Wildman–Crippen MR) is 191 cm³/mol. The lowest BCUT2D eigenvalue weighted by atomic mass is 9.99. The molecule has 1 amide bonds. The van der Waals surface area contributed by atoms with Crippen LogP contribution in [-0.2, 0) is 28.9 Å². The summed E-state index contributed by atoms with van der Waals surface area (Å²) in [7, 11) is -5.11. The van der Waals surface area contributed by atoms with E-state index in [0.29, 0.717) is 12.8 Å². The molecule has 0 aromatic heterocycles. The first-order valence-corrected chi connectivity index (χ1v) is 20.2. The molecule has 1 aliphatic heterocycles. The quantitative estimate of drug-likeness (QED) is 0.0311. The number of carbonyl (C=O) groups excluding carboxylic acids is 1. The molecule has 8 unspecified atom stereocenters. The Labute approximate surface area is 300 Å². The molecule has 7 N–H and O–H groups in total. The number of rotatable bonds is 30. The van der Waals surface area contributed by atoms with Crippen molar-refractivity contribution in [3.05, 3.63) is 24.3 Å². The first-order chi connectivity index (χ1) is 23.9. The van der Waals surface area contributed by atoms with Gasteiger partial charge < -0.3 is 40.3 Å². The predicted octanol–water partition coefficient (Wildman–Crippen LogP) is 4.40. The van der Waals surface area contributed by atoms with E-state index in [0.717, 1.165) is 44.9 Å². The SMILES string of the molecule is CCCCC/C=C/CC/C=C/C(O)C(COC1OC(CO)C(O)C(OS(=O)(=O)O)C1O)NC(=O)C(O)CCCCCCCCCCCCCC. The molecule has 0 bridgehead atoms. The molecule has 1 aliphatic rings. The van der Waals surface area contributed by atoms with Gasteiger partial charge in [-0.2, -0.15) is 8.42 Å². The highest BCUT2D eigenvalue weighted by Gasteiger charge is 2.48. The molecule has 0 spiro atoms. The second kappa shape index (κ2) is 28.1. The molecule has 0 radical (unpaired) electrons. The van der Waals surface area contributed by atoms with E-state index in [1.165, 1.54) is 63.9 Å². The van der Waals surface area contributed by atoms with Gasteiger partial charge in [-0.3, -0.25) is 9.35 Å². The molecular formula is C36H67NO12S. The Morgan fingerprint density at radius 1 is 0.800 bits per heavy atom. The van der Waals surface area contributed by atoms with Crippen molar-refractivity contribution in [2.24, 2.45) is 0 Å². The fourth-order valence-electron chi connectivity index (χ4n) is 5.77. The van der Waals surface area contributed by atoms with E-state index >= 15 is 0 Å². The van der Waals surface area contributed by atoms with Crippen LogP contribution in [-0.4, -0.2) is 107 Å². The van der Waals surface area contributed by atoms with Crippen molar-refractivity contribution in [1.82, 2.24) is 5.32 Å². The lowest BCUT2D eigenvalue weighted by molar-refractivity contribution is -0.298. The Morgan fingerprint density at radius 2 is 1.34 bits per heavy atom. The summed E-state index contributed by atoms with van der Waals surface area (Å²) >= 11 is 0. The van der Waals surface area contributed by atoms with Crippen LogP contribution in [0.25, 0.3) is 0 Å². The third kappa shape index (κ3) is 21.2. The van der Waals surface area contributed by atoms with Gasteiger partial charge in [0.25, 0.3) is 0 Å². The lowest BCUT2D eigenvalue weighted by Crippen LogP contribution is -2.61. The molecule has 1 fully saturated rings. The van der Waals surface area contributed by atoms with E-state index in [2.05, 4.69) is 35.5 Å². The van der Waals surface area contributed by atoms with E-state index in [-0.39, 0.29) is 6.42 Å². The van der Waals surface area contributed by atoms with Crippen LogP contribution < -0.4 is 5.32 Å². The van der Waals surface area contributed by atoms with Crippen molar-refractivity contribution in [1.29, 1.82) is 0 Å². The van der Waals surface area contributed by atoms with Crippen molar-refractivity contribution in [2.75, 3.05) is 13.2 Å². The molecule has 13 nitrogen and oxygen atoms in total. The molecule has 0 aliphatic carbocycles. The molecule has 0 aromatic rings. The number of ether oxygens (including phenoxy) is 2. The Hall–Kier alpha value is -1.46. The smallest absolute Gasteiger partial charge is 0.394 e. The van der Waals surface area contributed by atoms with E-state index in [1.807, 2.05) is 0 Å². The Bertz CT molecular complexity index is 1030. The van der Waals surface area contributed by atoms with Gasteiger partial charge in [-0.25, -0.2) is 4.18 Å². The van der Waals surface area contributed by atoms with E-state index in [4.69, 9.17) is 14.0 Å². The van der Waals surface area contributed by atoms with Gasteiger partial charge >= 0.3 is 10.4 Å². The Kier molecular flexibility index (Phi) is 26.2. The number of aliphatic hydroxyl groups is 5. The molecule has 0 aromatic carbocycles. The molecule has 1 saturated heterocycles. The van der Waals surface area contributed by atoms with E-state index in [1.54, 1.807) is 6.08 Å². The summed E-state index contributed by atoms with van der Waals surface area (Å²) in [6.07, 6.45) is 15.9. The molecule has 8 atom stereocenters. The number of carbonyl (C=O) groups is 1. The van der Waals surface area contributed by atoms with Crippen molar-refractivity contribution in [3.8, 4) is 0 Å². The third-order valence-corrected chi connectivity index (χ3v) is 9.31. The highest BCUT2D eigenvalue weighted by atomic mass is 32.3. The zero-order valence-corrected chi connectivity index (χ0v) is 31.1. The number of hydrogen-bond acceptors (Lipinski definition) is 11. The molecule has 14 heteroatoms. The standard InChI is InChI=1S/C36H67NO12S/c1-3-5-7-9-11-13-14-15-17-19-21-23-25-30(40)35(43)37-28(29(39)24-22-20-18-16-12-10-8-6-4-2)27-47-36-33(42)34(49-50(44,45)46)32(41)31(26-38)48-36/h12,16,22,24,28-34,36,38-42H,3-11,13-15,17-21,23,25-27H2,1-2H3,(H,37,43)(H,44,45,46)/b16-12+,24-22+. The van der Waals surface area contributed by atoms with Crippen LogP contribution in [0.15, 0.2) is 24.3 Å². The van der Waals surface area contributed by atoms with Crippen LogP contribution in [0.1, 0.15) is 136 Å². The summed E-state index contributed by atoms with van der Waals surface area (Å²) in [5.41, 5.74) is 0. The minimum atomic E-state index is -5.11. The maximum absolute atomic E-state index is 13.0. The zero-order chi connectivity index (χ0) is 37.2. The summed E-state index contributed by atoms with van der Waals surface area (Å²) in [5, 5.41) is 54.7. The monoisotopic (exact) mass is 737 g/mol. The fraction of sp³-hybridized carbons (Fsp3) is 0.861. The average molecular weight is 738 g/mol. The van der Waals surface area contributed by atoms with Gasteiger partial charge in [-0.1, -0.05) is 128 Å². The van der Waals surface area contributed by atoms with Gasteiger partial charge in [0.1, 0.15) is 30.5 Å². The van der Waals surface area contributed by atoms with Crippen molar-refractivity contribution in [2.45, 2.75) is 185 Å². The zero-order valence-electron chi connectivity index (χ0n) is 30.3. The number of amides is 1. The molecular weight excluding hydrogens is 670 g/mol. The van der Waals surface area contributed by atoms with Gasteiger partial charge in [-0.05, 0) is 32.1 Å². The second-order valence-corrected chi connectivity index (χ2v) is 14.3. The van der Waals surface area contributed by atoms with Crippen LogP contribution in [0.3, 0.4) is 0 Å². The summed E-state index contributed by atoms with van der Waals surface area (Å²) in [6.45, 7) is 3.09. The van der Waals surface area contributed by atoms with E-state index in [9.17, 15) is 38.7 Å². The minimum Gasteiger partial charge on any atom is -0.394 e. The summed E-state index contributed by atoms with van der Waals surface area (Å²) in [4.78, 5) is 13.0. The average Bonchev–Trinajstić information content (AvgIpc) is 3.08. The van der Waals surface area contributed by atoms with Gasteiger partial charge in [0.2, 0.25) is 5.91 Å². The molecule has 0 saturated carbocycles. The summed E-state index contributed by atoms with van der Waals surface area (Å²) < 4.78 is 47.1. The van der Waals surface area contributed by atoms with Gasteiger partial charge in [-0.15, -0.1) is 0 Å².